The number of hydrogen-bond donors (Lipinski definition) is 2. The first kappa shape index (κ1) is 13.3. The molecule has 0 saturated heterocycles. The fraction of sp³-hybridized carbons (Fsp3) is 0.333. The largest absolute Gasteiger partial charge is 0.362 e. The lowest BCUT2D eigenvalue weighted by Gasteiger charge is -2.10. The number of aromatic nitrogens is 1. The Morgan fingerprint density at radius 1 is 1.71 bits per heavy atom. The second-order valence-electron chi connectivity index (χ2n) is 3.36. The highest BCUT2D eigenvalue weighted by Crippen LogP contribution is 2.23. The van der Waals surface area contributed by atoms with Crippen molar-refractivity contribution in [2.75, 3.05) is 11.9 Å². The number of pyridine rings is 1. The fourth-order valence-electron chi connectivity index (χ4n) is 1.06. The van der Waals surface area contributed by atoms with E-state index >= 15 is 0 Å². The standard InChI is InChI=1S/C9H11ClN4O3/c1-5(15)6(11)4-12-9-7(14(16)17)2-3-8(10)13-9/h2-3,6H,4,11H2,1H3,(H,12,13). The summed E-state index contributed by atoms with van der Waals surface area (Å²) < 4.78 is 0. The molecule has 0 saturated carbocycles. The summed E-state index contributed by atoms with van der Waals surface area (Å²) in [4.78, 5) is 24.8. The molecule has 1 aromatic heterocycles. The van der Waals surface area contributed by atoms with Crippen LogP contribution in [0.5, 0.6) is 0 Å². The number of halogens is 1. The first-order chi connectivity index (χ1) is 7.91. The van der Waals surface area contributed by atoms with Gasteiger partial charge >= 0.3 is 5.69 Å². The molecule has 17 heavy (non-hydrogen) atoms. The van der Waals surface area contributed by atoms with Crippen LogP contribution >= 0.6 is 11.6 Å². The Bertz CT molecular complexity index is 452. The van der Waals surface area contributed by atoms with Gasteiger partial charge in [0, 0.05) is 12.6 Å². The van der Waals surface area contributed by atoms with E-state index in [4.69, 9.17) is 17.3 Å². The van der Waals surface area contributed by atoms with Gasteiger partial charge in [0.2, 0.25) is 5.82 Å². The molecule has 0 radical (unpaired) electrons. The Balaban J connectivity index is 2.85. The van der Waals surface area contributed by atoms with Gasteiger partial charge in [-0.2, -0.15) is 0 Å². The van der Waals surface area contributed by atoms with Crippen LogP contribution in [-0.4, -0.2) is 28.3 Å². The molecule has 1 heterocycles. The summed E-state index contributed by atoms with van der Waals surface area (Å²) >= 11 is 5.63. The third-order valence-electron chi connectivity index (χ3n) is 2.05. The molecule has 8 heteroatoms. The minimum absolute atomic E-state index is 0.000741. The first-order valence-electron chi connectivity index (χ1n) is 4.72. The summed E-state index contributed by atoms with van der Waals surface area (Å²) in [5.74, 6) is -0.221. The highest BCUT2D eigenvalue weighted by atomic mass is 35.5. The zero-order valence-corrected chi connectivity index (χ0v) is 9.77. The number of nitrogens with one attached hydrogen (secondary N) is 1. The Kier molecular flexibility index (Phi) is 4.36. The minimum Gasteiger partial charge on any atom is -0.362 e. The molecule has 0 aliphatic carbocycles. The smallest absolute Gasteiger partial charge is 0.311 e. The third-order valence-corrected chi connectivity index (χ3v) is 2.26. The molecule has 7 nitrogen and oxygen atoms in total. The predicted octanol–water partition coefficient (Wildman–Crippen LogP) is 0.971. The maximum absolute atomic E-state index is 10.9. The van der Waals surface area contributed by atoms with Crippen molar-refractivity contribution in [3.8, 4) is 0 Å². The van der Waals surface area contributed by atoms with Crippen LogP contribution in [-0.2, 0) is 4.79 Å². The van der Waals surface area contributed by atoms with E-state index in [1.807, 2.05) is 0 Å². The van der Waals surface area contributed by atoms with Crippen molar-refractivity contribution in [3.05, 3.63) is 27.4 Å². The highest BCUT2D eigenvalue weighted by molar-refractivity contribution is 6.29. The van der Waals surface area contributed by atoms with E-state index in [9.17, 15) is 14.9 Å². The van der Waals surface area contributed by atoms with Crippen LogP contribution in [0, 0.1) is 10.1 Å². The van der Waals surface area contributed by atoms with E-state index in [1.165, 1.54) is 19.1 Å². The highest BCUT2D eigenvalue weighted by Gasteiger charge is 2.17. The summed E-state index contributed by atoms with van der Waals surface area (Å²) in [6.07, 6.45) is 0. The number of carbonyl (C=O) groups is 1. The topological polar surface area (TPSA) is 111 Å². The van der Waals surface area contributed by atoms with Crippen molar-refractivity contribution in [3.63, 3.8) is 0 Å². The van der Waals surface area contributed by atoms with Crippen molar-refractivity contribution in [1.29, 1.82) is 0 Å². The Hall–Kier alpha value is -1.73. The Labute approximate surface area is 102 Å². The second-order valence-corrected chi connectivity index (χ2v) is 3.74. The van der Waals surface area contributed by atoms with Crippen LogP contribution in [0.15, 0.2) is 12.1 Å². The zero-order valence-electron chi connectivity index (χ0n) is 9.01. The van der Waals surface area contributed by atoms with Crippen LogP contribution in [0.25, 0.3) is 0 Å². The van der Waals surface area contributed by atoms with Crippen LogP contribution < -0.4 is 11.1 Å². The fourth-order valence-corrected chi connectivity index (χ4v) is 1.20. The lowest BCUT2D eigenvalue weighted by Crippen LogP contribution is -2.35. The number of hydrogen-bond acceptors (Lipinski definition) is 6. The molecule has 0 aliphatic heterocycles. The normalized spacial score (nSPS) is 11.9. The Morgan fingerprint density at radius 3 is 2.88 bits per heavy atom. The first-order valence-corrected chi connectivity index (χ1v) is 5.10. The molecule has 1 aromatic rings. The number of nitrogens with zero attached hydrogens (tertiary/aromatic N) is 2. The van der Waals surface area contributed by atoms with E-state index in [0.29, 0.717) is 0 Å². The zero-order chi connectivity index (χ0) is 13.0. The molecule has 0 aliphatic rings. The van der Waals surface area contributed by atoms with Crippen LogP contribution in [0.3, 0.4) is 0 Å². The number of anilines is 1. The van der Waals surface area contributed by atoms with Gasteiger partial charge in [0.15, 0.2) is 0 Å². The van der Waals surface area contributed by atoms with Gasteiger partial charge in [-0.25, -0.2) is 4.98 Å². The number of nitro groups is 1. The maximum atomic E-state index is 10.9. The SMILES string of the molecule is CC(=O)C(N)CNc1nc(Cl)ccc1[N+](=O)[O-]. The average molecular weight is 259 g/mol. The monoisotopic (exact) mass is 258 g/mol. The molecule has 0 bridgehead atoms. The van der Waals surface area contributed by atoms with Crippen molar-refractivity contribution >= 4 is 28.9 Å². The molecule has 1 unspecified atom stereocenters. The van der Waals surface area contributed by atoms with Gasteiger partial charge in [-0.1, -0.05) is 11.6 Å². The van der Waals surface area contributed by atoms with E-state index in [0.717, 1.165) is 0 Å². The van der Waals surface area contributed by atoms with Gasteiger partial charge in [0.05, 0.1) is 11.0 Å². The van der Waals surface area contributed by atoms with Crippen molar-refractivity contribution < 1.29 is 9.72 Å². The van der Waals surface area contributed by atoms with E-state index < -0.39 is 11.0 Å². The Morgan fingerprint density at radius 2 is 2.35 bits per heavy atom. The molecular weight excluding hydrogens is 248 g/mol. The van der Waals surface area contributed by atoms with Gasteiger partial charge in [-0.3, -0.25) is 14.9 Å². The van der Waals surface area contributed by atoms with Gasteiger partial charge in [-0.05, 0) is 13.0 Å². The van der Waals surface area contributed by atoms with Gasteiger partial charge < -0.3 is 11.1 Å². The van der Waals surface area contributed by atoms with Gasteiger partial charge in [-0.15, -0.1) is 0 Å². The number of ketones is 1. The van der Waals surface area contributed by atoms with Crippen LogP contribution in [0.1, 0.15) is 6.92 Å². The van der Waals surface area contributed by atoms with Crippen LogP contribution in [0.4, 0.5) is 11.5 Å². The average Bonchev–Trinajstić information content (AvgIpc) is 2.25. The number of rotatable bonds is 5. The molecule has 0 spiro atoms. The molecule has 92 valence electrons. The summed E-state index contributed by atoms with van der Waals surface area (Å²) in [6.45, 7) is 1.40. The number of Topliss-reactive ketones (excluding diaryl/α,β-unsaturated/α-hetero) is 1. The predicted molar refractivity (Wildman–Crippen MR) is 63.0 cm³/mol. The van der Waals surface area contributed by atoms with Crippen molar-refractivity contribution in [2.45, 2.75) is 13.0 Å². The molecule has 0 amide bonds. The molecular formula is C9H11ClN4O3. The third kappa shape index (κ3) is 3.65. The second kappa shape index (κ2) is 5.55. The summed E-state index contributed by atoms with van der Waals surface area (Å²) in [5.41, 5.74) is 5.27. The lowest BCUT2D eigenvalue weighted by atomic mass is 10.2. The van der Waals surface area contributed by atoms with Crippen molar-refractivity contribution in [2.24, 2.45) is 5.73 Å². The van der Waals surface area contributed by atoms with E-state index in [-0.39, 0.29) is 29.0 Å². The lowest BCUT2D eigenvalue weighted by molar-refractivity contribution is -0.384. The maximum Gasteiger partial charge on any atom is 0.311 e. The molecule has 1 rings (SSSR count). The quantitative estimate of drug-likeness (QED) is 0.462. The van der Waals surface area contributed by atoms with Gasteiger partial charge in [0.1, 0.15) is 10.9 Å². The summed E-state index contributed by atoms with van der Waals surface area (Å²) in [7, 11) is 0. The molecule has 3 N–H and O–H groups in total. The van der Waals surface area contributed by atoms with Crippen molar-refractivity contribution in [1.82, 2.24) is 4.98 Å². The van der Waals surface area contributed by atoms with Gasteiger partial charge in [0.25, 0.3) is 0 Å². The molecule has 0 fully saturated rings. The number of carbonyl (C=O) groups excluding carboxylic acids is 1. The number of nitrogens with two attached hydrogens (primary N) is 1. The van der Waals surface area contributed by atoms with Crippen LogP contribution in [0.2, 0.25) is 5.15 Å². The minimum atomic E-state index is -0.740. The molecule has 0 aromatic carbocycles. The summed E-state index contributed by atoms with van der Waals surface area (Å²) in [6, 6.07) is 1.81. The van der Waals surface area contributed by atoms with E-state index in [1.54, 1.807) is 0 Å². The van der Waals surface area contributed by atoms with E-state index in [2.05, 4.69) is 10.3 Å². The summed E-state index contributed by atoms with van der Waals surface area (Å²) in [5, 5.41) is 13.4. The molecule has 1 atom stereocenters.